The maximum atomic E-state index is 9.58. The number of carbonyl (C=O) groups is 1. The molecule has 28 heavy (non-hydrogen) atoms. The van der Waals surface area contributed by atoms with Crippen molar-refractivity contribution in [3.05, 3.63) is 40.5 Å². The van der Waals surface area contributed by atoms with Crippen LogP contribution < -0.4 is 15.2 Å². The number of anilines is 1. The first-order valence-corrected chi connectivity index (χ1v) is 8.98. The Kier molecular flexibility index (Phi) is 5.42. The summed E-state index contributed by atoms with van der Waals surface area (Å²) in [6.45, 7) is 3.83. The highest BCUT2D eigenvalue weighted by molar-refractivity contribution is 7.13. The summed E-state index contributed by atoms with van der Waals surface area (Å²) >= 11 is 1.49. The number of nitrogen functional groups attached to an aromatic ring is 1. The number of ether oxygens (including phenoxy) is 2. The topological polar surface area (TPSA) is 131 Å². The molecule has 3 heterocycles. The van der Waals surface area contributed by atoms with Gasteiger partial charge in [0.1, 0.15) is 17.5 Å². The summed E-state index contributed by atoms with van der Waals surface area (Å²) in [6.07, 6.45) is 0. The first-order chi connectivity index (χ1) is 13.5. The minimum atomic E-state index is -0.250. The Balaban J connectivity index is 0.000000706. The van der Waals surface area contributed by atoms with Gasteiger partial charge in [-0.05, 0) is 37.6 Å². The molecule has 0 spiro atoms. The lowest BCUT2D eigenvalue weighted by Gasteiger charge is -2.14. The Hall–Kier alpha value is -3.64. The molecular weight excluding hydrogens is 380 g/mol. The van der Waals surface area contributed by atoms with E-state index in [1.807, 2.05) is 32.0 Å². The van der Waals surface area contributed by atoms with E-state index in [0.717, 1.165) is 33.0 Å². The Morgan fingerprint density at radius 1 is 1.32 bits per heavy atom. The monoisotopic (exact) mass is 396 g/mol. The summed E-state index contributed by atoms with van der Waals surface area (Å²) < 4.78 is 10.8. The van der Waals surface area contributed by atoms with Crippen LogP contribution in [0.5, 0.6) is 11.5 Å². The molecule has 0 fully saturated rings. The van der Waals surface area contributed by atoms with Gasteiger partial charge in [-0.25, -0.2) is 9.97 Å². The molecule has 0 amide bonds. The third-order valence-corrected chi connectivity index (χ3v) is 5.15. The van der Waals surface area contributed by atoms with E-state index in [2.05, 4.69) is 16.0 Å². The molecule has 1 aromatic carbocycles. The number of benzene rings is 1. The van der Waals surface area contributed by atoms with Crippen molar-refractivity contribution in [1.82, 2.24) is 9.97 Å². The number of pyridine rings is 1. The van der Waals surface area contributed by atoms with E-state index in [1.165, 1.54) is 11.3 Å². The summed E-state index contributed by atoms with van der Waals surface area (Å²) in [6, 6.07) is 7.83. The smallest absolute Gasteiger partial charge is 0.290 e. The van der Waals surface area contributed by atoms with Gasteiger partial charge in [-0.2, -0.15) is 5.26 Å². The second kappa shape index (κ2) is 7.94. The number of thiazole rings is 1. The first kappa shape index (κ1) is 19.1. The van der Waals surface area contributed by atoms with Gasteiger partial charge in [0.05, 0.1) is 21.8 Å². The molecule has 3 N–H and O–H groups in total. The van der Waals surface area contributed by atoms with Crippen LogP contribution in [0.15, 0.2) is 23.7 Å². The number of aromatic nitrogens is 2. The molecule has 0 bridgehead atoms. The van der Waals surface area contributed by atoms with E-state index in [-0.39, 0.29) is 19.1 Å². The predicted molar refractivity (Wildman–Crippen MR) is 104 cm³/mol. The van der Waals surface area contributed by atoms with Crippen LogP contribution in [0.1, 0.15) is 16.8 Å². The minimum absolute atomic E-state index is 0.212. The molecule has 0 saturated heterocycles. The largest absolute Gasteiger partial charge is 0.483 e. The summed E-state index contributed by atoms with van der Waals surface area (Å²) in [4.78, 5) is 18.1. The molecule has 3 aromatic rings. The Morgan fingerprint density at radius 3 is 2.68 bits per heavy atom. The zero-order valence-corrected chi connectivity index (χ0v) is 15.9. The highest BCUT2D eigenvalue weighted by atomic mass is 32.1. The van der Waals surface area contributed by atoms with E-state index in [9.17, 15) is 5.26 Å². The highest BCUT2D eigenvalue weighted by Crippen LogP contribution is 2.41. The van der Waals surface area contributed by atoms with Gasteiger partial charge < -0.3 is 20.3 Å². The van der Waals surface area contributed by atoms with Gasteiger partial charge in [-0.15, -0.1) is 11.3 Å². The molecule has 2 aromatic heterocycles. The van der Waals surface area contributed by atoms with Crippen LogP contribution >= 0.6 is 11.3 Å². The van der Waals surface area contributed by atoms with Crippen molar-refractivity contribution in [2.45, 2.75) is 13.8 Å². The fourth-order valence-electron chi connectivity index (χ4n) is 2.96. The van der Waals surface area contributed by atoms with Crippen LogP contribution in [0.3, 0.4) is 0 Å². The number of rotatable bonds is 2. The van der Waals surface area contributed by atoms with E-state index in [1.54, 1.807) is 5.51 Å². The molecule has 142 valence electrons. The maximum Gasteiger partial charge on any atom is 0.290 e. The number of aryl methyl sites for hydroxylation is 1. The van der Waals surface area contributed by atoms with E-state index < -0.39 is 0 Å². The van der Waals surface area contributed by atoms with E-state index in [0.29, 0.717) is 17.1 Å². The third kappa shape index (κ3) is 3.33. The van der Waals surface area contributed by atoms with Gasteiger partial charge >= 0.3 is 0 Å². The Morgan fingerprint density at radius 2 is 2.04 bits per heavy atom. The number of nitriles is 1. The molecule has 4 rings (SSSR count). The van der Waals surface area contributed by atoms with Crippen LogP contribution in [-0.2, 0) is 4.79 Å². The van der Waals surface area contributed by atoms with Crippen molar-refractivity contribution in [1.29, 1.82) is 5.26 Å². The van der Waals surface area contributed by atoms with Crippen LogP contribution in [-0.4, -0.2) is 28.3 Å². The highest BCUT2D eigenvalue weighted by Gasteiger charge is 2.22. The van der Waals surface area contributed by atoms with Gasteiger partial charge in [0.25, 0.3) is 6.47 Å². The summed E-state index contributed by atoms with van der Waals surface area (Å²) in [5.74, 6) is 1.60. The summed E-state index contributed by atoms with van der Waals surface area (Å²) in [5, 5.41) is 16.5. The van der Waals surface area contributed by atoms with Gasteiger partial charge in [0, 0.05) is 11.1 Å². The molecule has 8 nitrogen and oxygen atoms in total. The standard InChI is InChI=1S/C18H14N4O2S.CH2O2/c1-9-15(17-10(2)21-7-25-17)12(6-19)18(20)22-16(9)11-3-4-13-14(5-11)24-8-23-13;2-1-3/h3-5,7H,8H2,1-2H3,(H2,20,22);1H,(H,2,3). The van der Waals surface area contributed by atoms with Crippen molar-refractivity contribution in [2.24, 2.45) is 0 Å². The molecule has 0 aliphatic carbocycles. The van der Waals surface area contributed by atoms with Gasteiger partial charge in [-0.3, -0.25) is 4.79 Å². The zero-order chi connectivity index (χ0) is 20.3. The molecule has 9 heteroatoms. The number of fused-ring (bicyclic) bond motifs is 1. The quantitative estimate of drug-likeness (QED) is 0.630. The number of carboxylic acid groups (broad SMARTS) is 1. The van der Waals surface area contributed by atoms with Crippen molar-refractivity contribution < 1.29 is 19.4 Å². The second-order valence-corrected chi connectivity index (χ2v) is 6.63. The first-order valence-electron chi connectivity index (χ1n) is 8.10. The third-order valence-electron chi connectivity index (χ3n) is 4.20. The number of nitrogens with zero attached hydrogens (tertiary/aromatic N) is 3. The van der Waals surface area contributed by atoms with Crippen LogP contribution in [0.4, 0.5) is 5.82 Å². The average Bonchev–Trinajstić information content (AvgIpc) is 3.31. The van der Waals surface area contributed by atoms with Crippen molar-refractivity contribution in [3.63, 3.8) is 0 Å². The van der Waals surface area contributed by atoms with Crippen LogP contribution in [0.2, 0.25) is 0 Å². The van der Waals surface area contributed by atoms with Crippen molar-refractivity contribution in [2.75, 3.05) is 12.5 Å². The predicted octanol–water partition coefficient (Wildman–Crippen LogP) is 3.37. The van der Waals surface area contributed by atoms with Crippen molar-refractivity contribution in [3.8, 4) is 39.3 Å². The fourth-order valence-corrected chi connectivity index (χ4v) is 3.87. The molecular formula is C19H16N4O4S. The van der Waals surface area contributed by atoms with E-state index >= 15 is 0 Å². The van der Waals surface area contributed by atoms with E-state index in [4.69, 9.17) is 25.1 Å². The summed E-state index contributed by atoms with van der Waals surface area (Å²) in [5.41, 5.74) is 12.4. The zero-order valence-electron chi connectivity index (χ0n) is 15.1. The number of hydrogen-bond acceptors (Lipinski definition) is 8. The minimum Gasteiger partial charge on any atom is -0.483 e. The Bertz CT molecular complexity index is 1090. The molecule has 0 unspecified atom stereocenters. The molecule has 0 radical (unpaired) electrons. The van der Waals surface area contributed by atoms with Crippen LogP contribution in [0, 0.1) is 25.2 Å². The SMILES string of the molecule is Cc1ncsc1-c1c(C)c(-c2ccc3c(c2)OCO3)nc(N)c1C#N.O=CO. The molecule has 0 atom stereocenters. The average molecular weight is 396 g/mol. The summed E-state index contributed by atoms with van der Waals surface area (Å²) in [7, 11) is 0. The van der Waals surface area contributed by atoms with Gasteiger partial charge in [0.15, 0.2) is 11.5 Å². The molecule has 1 aliphatic rings. The molecule has 0 saturated carbocycles. The Labute approximate surface area is 164 Å². The lowest BCUT2D eigenvalue weighted by molar-refractivity contribution is -0.122. The van der Waals surface area contributed by atoms with Crippen LogP contribution in [0.25, 0.3) is 21.7 Å². The van der Waals surface area contributed by atoms with Gasteiger partial charge in [0.2, 0.25) is 6.79 Å². The second-order valence-electron chi connectivity index (χ2n) is 5.77. The maximum absolute atomic E-state index is 9.58. The van der Waals surface area contributed by atoms with Crippen molar-refractivity contribution >= 4 is 23.6 Å². The molecule has 1 aliphatic heterocycles. The number of nitrogens with two attached hydrogens (primary N) is 1. The number of hydrogen-bond donors (Lipinski definition) is 2. The van der Waals surface area contributed by atoms with Gasteiger partial charge in [-0.1, -0.05) is 0 Å². The fraction of sp³-hybridized carbons (Fsp3) is 0.158. The normalized spacial score (nSPS) is 11.3. The lowest BCUT2D eigenvalue weighted by Crippen LogP contribution is -2.03. The lowest BCUT2D eigenvalue weighted by atomic mass is 9.96.